The van der Waals surface area contributed by atoms with Crippen LogP contribution in [0.3, 0.4) is 0 Å². The van der Waals surface area contributed by atoms with Gasteiger partial charge in [0.05, 0.1) is 4.90 Å². The minimum atomic E-state index is -3.48. The van der Waals surface area contributed by atoms with Crippen LogP contribution in [0.2, 0.25) is 0 Å². The predicted molar refractivity (Wildman–Crippen MR) is 120 cm³/mol. The second-order valence-electron chi connectivity index (χ2n) is 7.68. The number of aliphatic imine (C=N–C) groups is 1. The summed E-state index contributed by atoms with van der Waals surface area (Å²) in [5.41, 5.74) is 0.267. The van der Waals surface area contributed by atoms with E-state index in [1.807, 2.05) is 20.8 Å². The molecule has 9 heteroatoms. The maximum absolute atomic E-state index is 12.5. The van der Waals surface area contributed by atoms with Gasteiger partial charge in [-0.25, -0.2) is 13.1 Å². The third-order valence-corrected chi connectivity index (χ3v) is 8.18. The van der Waals surface area contributed by atoms with Crippen molar-refractivity contribution in [3.05, 3.63) is 15.8 Å². The summed E-state index contributed by atoms with van der Waals surface area (Å²) in [7, 11) is -1.74. The van der Waals surface area contributed by atoms with Crippen molar-refractivity contribution >= 4 is 27.3 Å². The molecule has 1 aliphatic rings. The van der Waals surface area contributed by atoms with Crippen molar-refractivity contribution in [2.75, 3.05) is 39.9 Å². The molecule has 0 bridgehead atoms. The molecule has 0 amide bonds. The molecule has 3 N–H and O–H groups in total. The monoisotopic (exact) mass is 444 g/mol. The fourth-order valence-corrected chi connectivity index (χ4v) is 6.47. The van der Waals surface area contributed by atoms with Crippen molar-refractivity contribution in [2.45, 2.75) is 57.8 Å². The number of nitrogens with one attached hydrogen (secondary N) is 3. The molecule has 1 heterocycles. The minimum absolute atomic E-state index is 0.267. The predicted octanol–water partition coefficient (Wildman–Crippen LogP) is 2.80. The summed E-state index contributed by atoms with van der Waals surface area (Å²) < 4.78 is 33.2. The van der Waals surface area contributed by atoms with Crippen molar-refractivity contribution in [3.63, 3.8) is 0 Å². The summed E-state index contributed by atoms with van der Waals surface area (Å²) in [6, 6.07) is 1.72. The van der Waals surface area contributed by atoms with E-state index in [2.05, 4.69) is 20.3 Å². The van der Waals surface area contributed by atoms with Crippen molar-refractivity contribution in [2.24, 2.45) is 10.4 Å². The molecule has 1 aromatic rings. The van der Waals surface area contributed by atoms with Gasteiger partial charge in [-0.05, 0) is 51.5 Å². The van der Waals surface area contributed by atoms with E-state index < -0.39 is 10.0 Å². The van der Waals surface area contributed by atoms with Gasteiger partial charge in [-0.2, -0.15) is 0 Å². The highest BCUT2D eigenvalue weighted by atomic mass is 32.2. The topological polar surface area (TPSA) is 91.8 Å². The number of ether oxygens (including phenoxy) is 1. The van der Waals surface area contributed by atoms with Crippen LogP contribution in [0.5, 0.6) is 0 Å². The molecule has 0 unspecified atom stereocenters. The number of sulfonamides is 1. The molecule has 29 heavy (non-hydrogen) atoms. The van der Waals surface area contributed by atoms with E-state index >= 15 is 0 Å². The Hall–Kier alpha value is -1.16. The van der Waals surface area contributed by atoms with Crippen LogP contribution in [0.25, 0.3) is 0 Å². The largest absolute Gasteiger partial charge is 0.382 e. The lowest BCUT2D eigenvalue weighted by molar-refractivity contribution is 0.105. The lowest BCUT2D eigenvalue weighted by Crippen LogP contribution is -2.45. The van der Waals surface area contributed by atoms with Crippen molar-refractivity contribution < 1.29 is 13.2 Å². The van der Waals surface area contributed by atoms with Crippen LogP contribution < -0.4 is 15.4 Å². The Bertz CT molecular complexity index is 769. The van der Waals surface area contributed by atoms with E-state index in [0.29, 0.717) is 23.9 Å². The lowest BCUT2D eigenvalue weighted by atomic mass is 9.83. The first kappa shape index (κ1) is 24.1. The van der Waals surface area contributed by atoms with E-state index in [9.17, 15) is 8.42 Å². The van der Waals surface area contributed by atoms with E-state index in [4.69, 9.17) is 4.74 Å². The van der Waals surface area contributed by atoms with Crippen LogP contribution in [-0.4, -0.2) is 54.3 Å². The van der Waals surface area contributed by atoms with Gasteiger partial charge in [-0.3, -0.25) is 4.99 Å². The summed E-state index contributed by atoms with van der Waals surface area (Å²) in [6.07, 6.45) is 6.02. The summed E-state index contributed by atoms with van der Waals surface area (Å²) in [4.78, 5) is 6.46. The summed E-state index contributed by atoms with van der Waals surface area (Å²) in [6.45, 7) is 8.96. The highest BCUT2D eigenvalue weighted by molar-refractivity contribution is 7.89. The Kier molecular flexibility index (Phi) is 9.39. The molecule has 1 fully saturated rings. The first-order valence-corrected chi connectivity index (χ1v) is 12.7. The third kappa shape index (κ3) is 7.24. The second-order valence-corrected chi connectivity index (χ2v) is 10.9. The van der Waals surface area contributed by atoms with E-state index in [-0.39, 0.29) is 5.41 Å². The van der Waals surface area contributed by atoms with Gasteiger partial charge < -0.3 is 15.4 Å². The minimum Gasteiger partial charge on any atom is -0.382 e. The fraction of sp³-hybridized carbons (Fsp3) is 0.750. The molecule has 0 atom stereocenters. The molecular formula is C20H36N4O3S2. The average molecular weight is 445 g/mol. The Morgan fingerprint density at radius 1 is 1.24 bits per heavy atom. The maximum Gasteiger partial charge on any atom is 0.241 e. The standard InChI is InChI=1S/C20H36N4O3S2/c1-5-27-13-10-20(8-6-7-9-20)15-23-19(21-4)22-11-12-24-29(25,26)18-14-16(2)28-17(18)3/h14,24H,5-13,15H2,1-4H3,(H2,21,22,23). The number of guanidine groups is 1. The van der Waals surface area contributed by atoms with Crippen LogP contribution in [0.1, 0.15) is 48.8 Å². The van der Waals surface area contributed by atoms with Crippen LogP contribution in [0, 0.1) is 19.3 Å². The molecule has 0 aromatic carbocycles. The van der Waals surface area contributed by atoms with Crippen LogP contribution in [0.15, 0.2) is 16.0 Å². The molecule has 166 valence electrons. The fourth-order valence-electron chi connectivity index (χ4n) is 3.88. The van der Waals surface area contributed by atoms with E-state index in [1.165, 1.54) is 37.0 Å². The first-order chi connectivity index (χ1) is 13.8. The van der Waals surface area contributed by atoms with Crippen molar-refractivity contribution in [3.8, 4) is 0 Å². The number of nitrogens with zero attached hydrogens (tertiary/aromatic N) is 1. The molecule has 1 aromatic heterocycles. The van der Waals surface area contributed by atoms with Crippen LogP contribution in [0.4, 0.5) is 0 Å². The zero-order valence-corrected chi connectivity index (χ0v) is 19.8. The van der Waals surface area contributed by atoms with E-state index in [0.717, 1.165) is 35.9 Å². The molecule has 0 radical (unpaired) electrons. The number of hydrogen-bond acceptors (Lipinski definition) is 5. The molecule has 7 nitrogen and oxygen atoms in total. The molecule has 1 saturated carbocycles. The molecule has 0 saturated heterocycles. The number of aryl methyl sites for hydroxylation is 2. The summed E-state index contributed by atoms with van der Waals surface area (Å²) in [5, 5.41) is 6.63. The normalized spacial score (nSPS) is 16.9. The maximum atomic E-state index is 12.5. The number of thiophene rings is 1. The van der Waals surface area contributed by atoms with Gasteiger partial charge >= 0.3 is 0 Å². The van der Waals surface area contributed by atoms with Gasteiger partial charge in [0.25, 0.3) is 0 Å². The second kappa shape index (κ2) is 11.3. The van der Waals surface area contributed by atoms with Crippen LogP contribution >= 0.6 is 11.3 Å². The Morgan fingerprint density at radius 2 is 1.97 bits per heavy atom. The smallest absolute Gasteiger partial charge is 0.241 e. The van der Waals surface area contributed by atoms with Gasteiger partial charge in [0.2, 0.25) is 10.0 Å². The van der Waals surface area contributed by atoms with Crippen molar-refractivity contribution in [1.29, 1.82) is 0 Å². The molecule has 1 aliphatic carbocycles. The Morgan fingerprint density at radius 3 is 2.55 bits per heavy atom. The highest BCUT2D eigenvalue weighted by Crippen LogP contribution is 2.40. The average Bonchev–Trinajstić information content (AvgIpc) is 3.28. The van der Waals surface area contributed by atoms with Gasteiger partial charge in [0.15, 0.2) is 5.96 Å². The van der Waals surface area contributed by atoms with Gasteiger partial charge in [-0.1, -0.05) is 12.8 Å². The van der Waals surface area contributed by atoms with Crippen molar-refractivity contribution in [1.82, 2.24) is 15.4 Å². The Balaban J connectivity index is 1.78. The molecule has 0 spiro atoms. The summed E-state index contributed by atoms with van der Waals surface area (Å²) in [5.74, 6) is 0.703. The number of rotatable bonds is 11. The van der Waals surface area contributed by atoms with E-state index in [1.54, 1.807) is 13.1 Å². The number of hydrogen-bond donors (Lipinski definition) is 3. The highest BCUT2D eigenvalue weighted by Gasteiger charge is 2.33. The van der Waals surface area contributed by atoms with Gasteiger partial charge in [-0.15, -0.1) is 11.3 Å². The quantitative estimate of drug-likeness (QED) is 0.277. The molecule has 2 rings (SSSR count). The lowest BCUT2D eigenvalue weighted by Gasteiger charge is -2.30. The van der Waals surface area contributed by atoms with Crippen LogP contribution in [-0.2, 0) is 14.8 Å². The summed E-state index contributed by atoms with van der Waals surface area (Å²) >= 11 is 1.50. The SMILES string of the molecule is CCOCCC1(CNC(=NC)NCCNS(=O)(=O)c2cc(C)sc2C)CCCC1. The zero-order valence-electron chi connectivity index (χ0n) is 18.1. The zero-order chi connectivity index (χ0) is 21.3. The molecule has 0 aliphatic heterocycles. The molecular weight excluding hydrogens is 408 g/mol. The first-order valence-electron chi connectivity index (χ1n) is 10.4. The Labute approximate surface area is 179 Å². The van der Waals surface area contributed by atoms with Gasteiger partial charge in [0, 0.05) is 49.6 Å². The van der Waals surface area contributed by atoms with Gasteiger partial charge in [0.1, 0.15) is 0 Å². The third-order valence-electron chi connectivity index (χ3n) is 5.49.